The molecule has 1 unspecified atom stereocenters. The third kappa shape index (κ3) is 6.14. The van der Waals surface area contributed by atoms with Crippen LogP contribution in [0, 0.1) is 0 Å². The second kappa shape index (κ2) is 9.08. The standard InChI is InChI=1S/C12H18N2O2S.ClH/c1-9(13-2)8-14-12(16)6-5-10(15)11-4-3-7-17-11;/h3-4,7,9,13H,5-6,8H2,1-2H3,(H,14,16);1H. The van der Waals surface area contributed by atoms with Crippen LogP contribution in [0.3, 0.4) is 0 Å². The van der Waals surface area contributed by atoms with Crippen molar-refractivity contribution in [2.75, 3.05) is 13.6 Å². The van der Waals surface area contributed by atoms with Crippen LogP contribution in [0.2, 0.25) is 0 Å². The minimum absolute atomic E-state index is 0. The maximum absolute atomic E-state index is 11.6. The smallest absolute Gasteiger partial charge is 0.220 e. The van der Waals surface area contributed by atoms with Gasteiger partial charge in [0.05, 0.1) is 4.88 Å². The largest absolute Gasteiger partial charge is 0.355 e. The molecule has 0 aliphatic rings. The maximum Gasteiger partial charge on any atom is 0.220 e. The Morgan fingerprint density at radius 1 is 1.39 bits per heavy atom. The molecule has 0 bridgehead atoms. The molecule has 0 fully saturated rings. The lowest BCUT2D eigenvalue weighted by Crippen LogP contribution is -2.37. The molecule has 0 aliphatic carbocycles. The normalized spacial score (nSPS) is 11.4. The molecule has 0 radical (unpaired) electrons. The molecule has 0 aliphatic heterocycles. The zero-order valence-electron chi connectivity index (χ0n) is 10.6. The summed E-state index contributed by atoms with van der Waals surface area (Å²) in [6, 6.07) is 3.87. The van der Waals surface area contributed by atoms with Crippen molar-refractivity contribution in [3.8, 4) is 0 Å². The van der Waals surface area contributed by atoms with E-state index >= 15 is 0 Å². The number of hydrogen-bond acceptors (Lipinski definition) is 4. The maximum atomic E-state index is 11.6. The van der Waals surface area contributed by atoms with Crippen LogP contribution in [0.15, 0.2) is 17.5 Å². The Balaban J connectivity index is 0.00000289. The van der Waals surface area contributed by atoms with Gasteiger partial charge in [-0.3, -0.25) is 9.59 Å². The van der Waals surface area contributed by atoms with E-state index in [1.807, 2.05) is 25.4 Å². The summed E-state index contributed by atoms with van der Waals surface area (Å²) in [5, 5.41) is 7.67. The second-order valence-electron chi connectivity index (χ2n) is 3.89. The summed E-state index contributed by atoms with van der Waals surface area (Å²) in [6.45, 7) is 2.57. The summed E-state index contributed by atoms with van der Waals surface area (Å²) in [6.07, 6.45) is 0.535. The summed E-state index contributed by atoms with van der Waals surface area (Å²) in [5.41, 5.74) is 0. The van der Waals surface area contributed by atoms with Gasteiger partial charge in [-0.25, -0.2) is 0 Å². The van der Waals surface area contributed by atoms with Gasteiger partial charge in [-0.1, -0.05) is 6.07 Å². The highest BCUT2D eigenvalue weighted by Crippen LogP contribution is 2.12. The van der Waals surface area contributed by atoms with Crippen molar-refractivity contribution in [2.45, 2.75) is 25.8 Å². The molecule has 1 amide bonds. The molecule has 2 N–H and O–H groups in total. The quantitative estimate of drug-likeness (QED) is 0.754. The number of halogens is 1. The van der Waals surface area contributed by atoms with Crippen molar-refractivity contribution >= 4 is 35.4 Å². The van der Waals surface area contributed by atoms with Crippen LogP contribution in [-0.4, -0.2) is 31.3 Å². The van der Waals surface area contributed by atoms with Gasteiger partial charge in [0.15, 0.2) is 5.78 Å². The summed E-state index contributed by atoms with van der Waals surface area (Å²) in [4.78, 5) is 23.8. The molecule has 0 spiro atoms. The number of nitrogens with one attached hydrogen (secondary N) is 2. The first-order valence-corrected chi connectivity index (χ1v) is 6.52. The Bertz CT molecular complexity index is 368. The van der Waals surface area contributed by atoms with Gasteiger partial charge in [0.2, 0.25) is 5.91 Å². The fourth-order valence-corrected chi connectivity index (χ4v) is 1.94. The van der Waals surface area contributed by atoms with Crippen LogP contribution >= 0.6 is 23.7 Å². The minimum Gasteiger partial charge on any atom is -0.355 e. The summed E-state index contributed by atoms with van der Waals surface area (Å²) < 4.78 is 0. The van der Waals surface area contributed by atoms with Crippen LogP contribution in [0.1, 0.15) is 29.4 Å². The number of hydrogen-bond donors (Lipinski definition) is 2. The number of carbonyl (C=O) groups excluding carboxylic acids is 2. The number of Topliss-reactive ketones (excluding diaryl/α,β-unsaturated/α-hetero) is 1. The molecule has 1 atom stereocenters. The number of rotatable bonds is 7. The Labute approximate surface area is 118 Å². The van der Waals surface area contributed by atoms with Crippen LogP contribution in [0.5, 0.6) is 0 Å². The highest BCUT2D eigenvalue weighted by atomic mass is 35.5. The monoisotopic (exact) mass is 290 g/mol. The van der Waals surface area contributed by atoms with Gasteiger partial charge < -0.3 is 10.6 Å². The van der Waals surface area contributed by atoms with E-state index in [2.05, 4.69) is 10.6 Å². The molecular weight excluding hydrogens is 272 g/mol. The van der Waals surface area contributed by atoms with E-state index in [1.54, 1.807) is 6.07 Å². The Morgan fingerprint density at radius 2 is 2.11 bits per heavy atom. The predicted molar refractivity (Wildman–Crippen MR) is 76.7 cm³/mol. The molecule has 18 heavy (non-hydrogen) atoms. The van der Waals surface area contributed by atoms with Crippen molar-refractivity contribution < 1.29 is 9.59 Å². The van der Waals surface area contributed by atoms with E-state index in [4.69, 9.17) is 0 Å². The number of amides is 1. The first kappa shape index (κ1) is 17.1. The van der Waals surface area contributed by atoms with Gasteiger partial charge in [0.25, 0.3) is 0 Å². The topological polar surface area (TPSA) is 58.2 Å². The molecule has 0 saturated heterocycles. The lowest BCUT2D eigenvalue weighted by Gasteiger charge is -2.10. The van der Waals surface area contributed by atoms with E-state index in [0.717, 1.165) is 4.88 Å². The molecule has 1 heterocycles. The van der Waals surface area contributed by atoms with Gasteiger partial charge in [0.1, 0.15) is 0 Å². The third-order valence-corrected chi connectivity index (χ3v) is 3.38. The molecule has 6 heteroatoms. The van der Waals surface area contributed by atoms with Crippen LogP contribution in [-0.2, 0) is 4.79 Å². The molecule has 4 nitrogen and oxygen atoms in total. The van der Waals surface area contributed by atoms with Crippen molar-refractivity contribution in [1.29, 1.82) is 0 Å². The zero-order chi connectivity index (χ0) is 12.7. The van der Waals surface area contributed by atoms with Gasteiger partial charge in [-0.05, 0) is 25.4 Å². The van der Waals surface area contributed by atoms with Crippen LogP contribution < -0.4 is 10.6 Å². The van der Waals surface area contributed by atoms with Crippen molar-refractivity contribution in [3.05, 3.63) is 22.4 Å². The Morgan fingerprint density at radius 3 is 2.67 bits per heavy atom. The van der Waals surface area contributed by atoms with Gasteiger partial charge >= 0.3 is 0 Å². The highest BCUT2D eigenvalue weighted by molar-refractivity contribution is 7.12. The molecule has 0 aromatic carbocycles. The fourth-order valence-electron chi connectivity index (χ4n) is 1.24. The second-order valence-corrected chi connectivity index (χ2v) is 4.84. The molecule has 1 aromatic rings. The molecular formula is C12H19ClN2O2S. The third-order valence-electron chi connectivity index (χ3n) is 2.47. The zero-order valence-corrected chi connectivity index (χ0v) is 12.2. The van der Waals surface area contributed by atoms with E-state index in [-0.39, 0.29) is 43.0 Å². The Hall–Kier alpha value is -0.910. The molecule has 102 valence electrons. The molecule has 1 rings (SSSR count). The first-order chi connectivity index (χ1) is 8.13. The number of likely N-dealkylation sites (N-methyl/N-ethyl adjacent to an activating group) is 1. The van der Waals surface area contributed by atoms with Crippen molar-refractivity contribution in [3.63, 3.8) is 0 Å². The number of thiophene rings is 1. The van der Waals surface area contributed by atoms with Gasteiger partial charge in [-0.2, -0.15) is 0 Å². The summed E-state index contributed by atoms with van der Waals surface area (Å²) >= 11 is 1.41. The van der Waals surface area contributed by atoms with Crippen LogP contribution in [0.25, 0.3) is 0 Å². The lowest BCUT2D eigenvalue weighted by molar-refractivity contribution is -0.121. The molecule has 1 aromatic heterocycles. The summed E-state index contributed by atoms with van der Waals surface area (Å²) in [7, 11) is 1.84. The van der Waals surface area contributed by atoms with E-state index in [0.29, 0.717) is 6.54 Å². The van der Waals surface area contributed by atoms with Gasteiger partial charge in [-0.15, -0.1) is 23.7 Å². The van der Waals surface area contributed by atoms with Crippen molar-refractivity contribution in [2.24, 2.45) is 0 Å². The number of carbonyl (C=O) groups is 2. The number of ketones is 1. The van der Waals surface area contributed by atoms with Crippen molar-refractivity contribution in [1.82, 2.24) is 10.6 Å². The average molecular weight is 291 g/mol. The molecule has 0 saturated carbocycles. The fraction of sp³-hybridized carbons (Fsp3) is 0.500. The van der Waals surface area contributed by atoms with E-state index < -0.39 is 0 Å². The Kier molecular flexibility index (Phi) is 8.62. The van der Waals surface area contributed by atoms with Gasteiger partial charge in [0, 0.05) is 25.4 Å². The van der Waals surface area contributed by atoms with Crippen LogP contribution in [0.4, 0.5) is 0 Å². The highest BCUT2D eigenvalue weighted by Gasteiger charge is 2.10. The lowest BCUT2D eigenvalue weighted by atomic mass is 10.2. The minimum atomic E-state index is -0.0722. The van der Waals surface area contributed by atoms with E-state index in [1.165, 1.54) is 11.3 Å². The average Bonchev–Trinajstić information content (AvgIpc) is 2.86. The first-order valence-electron chi connectivity index (χ1n) is 5.64. The SMILES string of the molecule is CNC(C)CNC(=O)CCC(=O)c1cccs1.Cl. The van der Waals surface area contributed by atoms with E-state index in [9.17, 15) is 9.59 Å². The predicted octanol–water partition coefficient (Wildman–Crippen LogP) is 1.86. The summed E-state index contributed by atoms with van der Waals surface area (Å²) in [5.74, 6) is -0.0335.